The molecule has 0 saturated carbocycles. The molecule has 0 radical (unpaired) electrons. The molecule has 0 bridgehead atoms. The van der Waals surface area contributed by atoms with Crippen LogP contribution in [0.2, 0.25) is 5.02 Å². The first-order valence-corrected chi connectivity index (χ1v) is 11.1. The van der Waals surface area contributed by atoms with E-state index >= 15 is 0 Å². The van der Waals surface area contributed by atoms with Crippen LogP contribution in [0.25, 0.3) is 10.6 Å². The highest BCUT2D eigenvalue weighted by Gasteiger charge is 2.22. The Kier molecular flexibility index (Phi) is 6.37. The summed E-state index contributed by atoms with van der Waals surface area (Å²) < 4.78 is 6.24. The predicted molar refractivity (Wildman–Crippen MR) is 121 cm³/mol. The zero-order chi connectivity index (χ0) is 21.1. The lowest BCUT2D eigenvalue weighted by Gasteiger charge is -2.34. The molecule has 1 saturated heterocycles. The standard InChI is InChI=1S/C23H23ClN2O3S/c1-15-21(30-22(25-15)16-7-9-18(24)10-8-16)14-29-20-6-3-11-26(13-20)19-5-2-4-17(12-19)23(27)28/h2,4-5,7-10,12,20H,3,6,11,13-14H2,1H3,(H,27,28). The maximum Gasteiger partial charge on any atom is 0.335 e. The molecule has 0 spiro atoms. The topological polar surface area (TPSA) is 62.7 Å². The van der Waals surface area contributed by atoms with Gasteiger partial charge in [-0.05, 0) is 50.1 Å². The van der Waals surface area contributed by atoms with Gasteiger partial charge in [0.25, 0.3) is 0 Å². The smallest absolute Gasteiger partial charge is 0.335 e. The van der Waals surface area contributed by atoms with Crippen LogP contribution in [0.5, 0.6) is 0 Å². The van der Waals surface area contributed by atoms with Gasteiger partial charge in [0.05, 0.1) is 28.8 Å². The number of benzene rings is 2. The van der Waals surface area contributed by atoms with Crippen LogP contribution in [0.15, 0.2) is 48.5 Å². The first kappa shape index (κ1) is 20.8. The second-order valence-electron chi connectivity index (χ2n) is 7.41. The zero-order valence-electron chi connectivity index (χ0n) is 16.7. The van der Waals surface area contributed by atoms with Crippen LogP contribution in [-0.2, 0) is 11.3 Å². The van der Waals surface area contributed by atoms with E-state index < -0.39 is 5.97 Å². The van der Waals surface area contributed by atoms with Crippen LogP contribution in [0.3, 0.4) is 0 Å². The Morgan fingerprint density at radius 2 is 2.10 bits per heavy atom. The molecule has 0 amide bonds. The van der Waals surface area contributed by atoms with E-state index in [1.54, 1.807) is 29.5 Å². The first-order chi connectivity index (χ1) is 14.5. The molecule has 156 valence electrons. The number of rotatable bonds is 6. The van der Waals surface area contributed by atoms with E-state index in [-0.39, 0.29) is 6.10 Å². The third kappa shape index (κ3) is 4.83. The van der Waals surface area contributed by atoms with Gasteiger partial charge in [-0.1, -0.05) is 29.8 Å². The van der Waals surface area contributed by atoms with Gasteiger partial charge < -0.3 is 14.7 Å². The highest BCUT2D eigenvalue weighted by atomic mass is 35.5. The van der Waals surface area contributed by atoms with Crippen molar-refractivity contribution < 1.29 is 14.6 Å². The van der Waals surface area contributed by atoms with Crippen molar-refractivity contribution in [2.45, 2.75) is 32.5 Å². The van der Waals surface area contributed by atoms with E-state index in [4.69, 9.17) is 21.3 Å². The van der Waals surface area contributed by atoms with Crippen molar-refractivity contribution in [1.82, 2.24) is 4.98 Å². The summed E-state index contributed by atoms with van der Waals surface area (Å²) in [5.74, 6) is -0.904. The molecule has 1 unspecified atom stereocenters. The Bertz CT molecular complexity index is 1040. The SMILES string of the molecule is Cc1nc(-c2ccc(Cl)cc2)sc1COC1CCCN(c2cccc(C(=O)O)c2)C1. The van der Waals surface area contributed by atoms with Crippen molar-refractivity contribution in [2.24, 2.45) is 0 Å². The highest BCUT2D eigenvalue weighted by Crippen LogP contribution is 2.30. The summed E-state index contributed by atoms with van der Waals surface area (Å²) in [7, 11) is 0. The number of halogens is 1. The second kappa shape index (κ2) is 9.16. The van der Waals surface area contributed by atoms with Gasteiger partial charge >= 0.3 is 5.97 Å². The summed E-state index contributed by atoms with van der Waals surface area (Å²) in [6.07, 6.45) is 2.11. The Morgan fingerprint density at radius 1 is 1.30 bits per heavy atom. The van der Waals surface area contributed by atoms with E-state index in [0.29, 0.717) is 17.2 Å². The number of anilines is 1. The number of piperidine rings is 1. The van der Waals surface area contributed by atoms with E-state index in [1.807, 2.05) is 37.3 Å². The van der Waals surface area contributed by atoms with Crippen molar-refractivity contribution in [3.05, 3.63) is 69.7 Å². The van der Waals surface area contributed by atoms with E-state index in [1.165, 1.54) is 0 Å². The monoisotopic (exact) mass is 442 g/mol. The number of carbonyl (C=O) groups is 1. The minimum Gasteiger partial charge on any atom is -0.478 e. The fourth-order valence-electron chi connectivity index (χ4n) is 3.62. The van der Waals surface area contributed by atoms with Crippen molar-refractivity contribution in [3.8, 4) is 10.6 Å². The van der Waals surface area contributed by atoms with Crippen LogP contribution in [0, 0.1) is 6.92 Å². The third-order valence-corrected chi connectivity index (χ3v) is 6.70. The summed E-state index contributed by atoms with van der Waals surface area (Å²) in [5, 5.41) is 10.9. The highest BCUT2D eigenvalue weighted by molar-refractivity contribution is 7.15. The normalized spacial score (nSPS) is 16.6. The average molecular weight is 443 g/mol. The van der Waals surface area contributed by atoms with Gasteiger partial charge in [-0.3, -0.25) is 0 Å². The van der Waals surface area contributed by atoms with Crippen LogP contribution in [0.1, 0.15) is 33.8 Å². The average Bonchev–Trinajstić information content (AvgIpc) is 3.13. The first-order valence-electron chi connectivity index (χ1n) is 9.92. The van der Waals surface area contributed by atoms with E-state index in [9.17, 15) is 9.90 Å². The fourth-order valence-corrected chi connectivity index (χ4v) is 4.73. The summed E-state index contributed by atoms with van der Waals surface area (Å²) in [6, 6.07) is 14.8. The molecule has 7 heteroatoms. The Morgan fingerprint density at radius 3 is 2.87 bits per heavy atom. The van der Waals surface area contributed by atoms with Gasteiger partial charge in [0, 0.05) is 29.4 Å². The molecule has 1 N–H and O–H groups in total. The molecule has 2 aromatic carbocycles. The van der Waals surface area contributed by atoms with Crippen LogP contribution in [-0.4, -0.2) is 35.3 Å². The van der Waals surface area contributed by atoms with Crippen molar-refractivity contribution in [1.29, 1.82) is 0 Å². The molecule has 30 heavy (non-hydrogen) atoms. The minimum atomic E-state index is -0.904. The molecule has 1 fully saturated rings. The van der Waals surface area contributed by atoms with E-state index in [0.717, 1.165) is 52.8 Å². The van der Waals surface area contributed by atoms with Crippen LogP contribution < -0.4 is 4.90 Å². The number of nitrogens with zero attached hydrogens (tertiary/aromatic N) is 2. The summed E-state index contributed by atoms with van der Waals surface area (Å²) >= 11 is 7.63. The molecule has 2 heterocycles. The molecule has 3 aromatic rings. The third-order valence-electron chi connectivity index (χ3n) is 5.27. The Labute approximate surface area is 184 Å². The van der Waals surface area contributed by atoms with Crippen molar-refractivity contribution in [3.63, 3.8) is 0 Å². The second-order valence-corrected chi connectivity index (χ2v) is 8.93. The quantitative estimate of drug-likeness (QED) is 0.534. The lowest BCUT2D eigenvalue weighted by Crippen LogP contribution is -2.39. The van der Waals surface area contributed by atoms with Gasteiger partial charge in [0.15, 0.2) is 0 Å². The number of aryl methyl sites for hydroxylation is 1. The molecule has 1 aromatic heterocycles. The maximum absolute atomic E-state index is 11.3. The number of hydrogen-bond donors (Lipinski definition) is 1. The lowest BCUT2D eigenvalue weighted by molar-refractivity contribution is 0.0327. The number of thiazole rings is 1. The zero-order valence-corrected chi connectivity index (χ0v) is 18.2. The minimum absolute atomic E-state index is 0.104. The molecular formula is C23H23ClN2O3S. The number of aromatic nitrogens is 1. The van der Waals surface area contributed by atoms with Crippen LogP contribution in [0.4, 0.5) is 5.69 Å². The molecule has 0 aliphatic carbocycles. The largest absolute Gasteiger partial charge is 0.478 e. The van der Waals surface area contributed by atoms with Crippen molar-refractivity contribution in [2.75, 3.05) is 18.0 Å². The number of ether oxygens (including phenoxy) is 1. The molecule has 1 aliphatic rings. The number of aromatic carboxylic acids is 1. The van der Waals surface area contributed by atoms with Gasteiger partial charge in [-0.15, -0.1) is 11.3 Å². The number of carboxylic acid groups (broad SMARTS) is 1. The Balaban J connectivity index is 1.40. The predicted octanol–water partition coefficient (Wildman–Crippen LogP) is 5.66. The van der Waals surface area contributed by atoms with E-state index in [2.05, 4.69) is 4.90 Å². The van der Waals surface area contributed by atoms with Crippen LogP contribution >= 0.6 is 22.9 Å². The van der Waals surface area contributed by atoms with Gasteiger partial charge in [0.2, 0.25) is 0 Å². The molecule has 4 rings (SSSR count). The fraction of sp³-hybridized carbons (Fsp3) is 0.304. The lowest BCUT2D eigenvalue weighted by atomic mass is 10.1. The van der Waals surface area contributed by atoms with Crippen molar-refractivity contribution >= 4 is 34.6 Å². The van der Waals surface area contributed by atoms with Gasteiger partial charge in [-0.25, -0.2) is 9.78 Å². The van der Waals surface area contributed by atoms with Gasteiger partial charge in [0.1, 0.15) is 5.01 Å². The number of hydrogen-bond acceptors (Lipinski definition) is 5. The summed E-state index contributed by atoms with van der Waals surface area (Å²) in [5.41, 5.74) is 3.29. The maximum atomic E-state index is 11.3. The molecule has 1 atom stereocenters. The summed E-state index contributed by atoms with van der Waals surface area (Å²) in [6.45, 7) is 4.21. The number of carboxylic acids is 1. The molecule has 5 nitrogen and oxygen atoms in total. The molecular weight excluding hydrogens is 420 g/mol. The summed E-state index contributed by atoms with van der Waals surface area (Å²) in [4.78, 5) is 19.3. The van der Waals surface area contributed by atoms with Gasteiger partial charge in [-0.2, -0.15) is 0 Å². The Hall–Kier alpha value is -2.41. The molecule has 1 aliphatic heterocycles.